The first kappa shape index (κ1) is 29.7. The number of nitrogens with one attached hydrogen (secondary N) is 1. The first-order valence-corrected chi connectivity index (χ1v) is 14.0. The number of piperazine rings is 1. The van der Waals surface area contributed by atoms with Gasteiger partial charge in [0, 0.05) is 56.8 Å². The Morgan fingerprint density at radius 2 is 1.64 bits per heavy atom. The highest BCUT2D eigenvalue weighted by Crippen LogP contribution is 2.31. The Balaban J connectivity index is 1.33. The molecule has 5 rings (SSSR count). The van der Waals surface area contributed by atoms with Crippen LogP contribution in [0.1, 0.15) is 12.6 Å². The maximum absolute atomic E-state index is 12.9. The van der Waals surface area contributed by atoms with Crippen LogP contribution in [-0.2, 0) is 16.6 Å². The van der Waals surface area contributed by atoms with Gasteiger partial charge in [-0.3, -0.25) is 4.79 Å². The lowest BCUT2D eigenvalue weighted by atomic mass is 9.98. The van der Waals surface area contributed by atoms with E-state index in [4.69, 9.17) is 4.74 Å². The molecule has 2 aromatic carbocycles. The molecule has 11 nitrogen and oxygen atoms in total. The van der Waals surface area contributed by atoms with E-state index in [1.165, 1.54) is 5.69 Å². The number of hydrogen-bond donors (Lipinski definition) is 5. The van der Waals surface area contributed by atoms with E-state index in [1.54, 1.807) is 6.92 Å². The van der Waals surface area contributed by atoms with Gasteiger partial charge in [-0.25, -0.2) is 0 Å². The third-order valence-electron chi connectivity index (χ3n) is 8.36. The van der Waals surface area contributed by atoms with Crippen molar-refractivity contribution in [3.63, 3.8) is 0 Å². The van der Waals surface area contributed by atoms with Crippen molar-refractivity contribution in [2.75, 3.05) is 44.7 Å². The molecule has 42 heavy (non-hydrogen) atoms. The predicted molar refractivity (Wildman–Crippen MR) is 158 cm³/mol. The topological polar surface area (TPSA) is 154 Å². The van der Waals surface area contributed by atoms with Crippen LogP contribution in [0, 0.1) is 11.3 Å². The maximum Gasteiger partial charge on any atom is 0.262 e. The molecule has 0 radical (unpaired) electrons. The van der Waals surface area contributed by atoms with Crippen LogP contribution < -0.4 is 10.2 Å². The summed E-state index contributed by atoms with van der Waals surface area (Å²) in [7, 11) is 4.02. The second kappa shape index (κ2) is 12.2. The van der Waals surface area contributed by atoms with Gasteiger partial charge in [-0.05, 0) is 66.2 Å². The van der Waals surface area contributed by atoms with Crippen molar-refractivity contribution >= 4 is 27.9 Å². The van der Waals surface area contributed by atoms with E-state index in [-0.39, 0.29) is 12.1 Å². The van der Waals surface area contributed by atoms with Crippen LogP contribution in [0.25, 0.3) is 27.6 Å². The van der Waals surface area contributed by atoms with Crippen molar-refractivity contribution < 1.29 is 30.0 Å². The molecular weight excluding hydrogens is 538 g/mol. The van der Waals surface area contributed by atoms with Crippen molar-refractivity contribution in [2.45, 2.75) is 37.6 Å². The molecule has 3 aromatic rings. The van der Waals surface area contributed by atoms with Crippen LogP contribution in [-0.4, -0.2) is 106 Å². The quantitative estimate of drug-likeness (QED) is 0.212. The van der Waals surface area contributed by atoms with Crippen LogP contribution >= 0.6 is 0 Å². The van der Waals surface area contributed by atoms with Gasteiger partial charge in [0.25, 0.3) is 5.91 Å². The minimum atomic E-state index is -1.71. The fourth-order valence-electron chi connectivity index (χ4n) is 5.65. The maximum atomic E-state index is 12.9. The molecule has 3 heterocycles. The highest BCUT2D eigenvalue weighted by Gasteiger charge is 2.43. The number of rotatable bonds is 6. The highest BCUT2D eigenvalue weighted by molar-refractivity contribution is 6.04. The zero-order chi connectivity index (χ0) is 30.1. The predicted octanol–water partition coefficient (Wildman–Crippen LogP) is 0.810. The number of hydrogen-bond acceptors (Lipinski definition) is 9. The first-order valence-electron chi connectivity index (χ1n) is 14.0. The Bertz CT molecular complexity index is 1540. The number of carbonyl (C=O) groups is 1. The molecule has 0 spiro atoms. The van der Waals surface area contributed by atoms with Crippen LogP contribution in [0.5, 0.6) is 0 Å². The molecule has 1 aromatic heterocycles. The average Bonchev–Trinajstić information content (AvgIpc) is 3.38. The number of fused-ring (bicyclic) bond motifs is 1. The van der Waals surface area contributed by atoms with Crippen molar-refractivity contribution in [2.24, 2.45) is 7.05 Å². The number of anilines is 1. The van der Waals surface area contributed by atoms with E-state index in [0.717, 1.165) is 48.2 Å². The number of carbonyl (C=O) groups excluding carboxylic acids is 1. The van der Waals surface area contributed by atoms with Gasteiger partial charge in [0.2, 0.25) is 0 Å². The molecule has 5 atom stereocenters. The SMILES string of the molecule is C/C(=C(/C#N)C(=O)NC[C@H]1OC(O)[C@H](O)[C@@H](O)[C@@H]1O)c1ccc(-c2ccc3cc(N4CCN(C)CC4)ccc3c2)n1C. The second-order valence-electron chi connectivity index (χ2n) is 11.1. The summed E-state index contributed by atoms with van der Waals surface area (Å²) in [6, 6.07) is 18.6. The molecular formula is C31H37N5O6. The van der Waals surface area contributed by atoms with E-state index in [2.05, 4.69) is 58.6 Å². The van der Waals surface area contributed by atoms with E-state index < -0.39 is 36.6 Å². The summed E-state index contributed by atoms with van der Waals surface area (Å²) in [6.07, 6.45) is -7.73. The normalized spacial score (nSPS) is 25.7. The Hall–Kier alpha value is -3.76. The van der Waals surface area contributed by atoms with Crippen LogP contribution in [0.2, 0.25) is 0 Å². The van der Waals surface area contributed by atoms with Crippen molar-refractivity contribution in [3.8, 4) is 17.3 Å². The van der Waals surface area contributed by atoms with Crippen molar-refractivity contribution in [3.05, 3.63) is 59.8 Å². The lowest BCUT2D eigenvalue weighted by Gasteiger charge is -2.38. The van der Waals surface area contributed by atoms with Gasteiger partial charge in [0.05, 0.1) is 0 Å². The van der Waals surface area contributed by atoms with Crippen molar-refractivity contribution in [1.82, 2.24) is 14.8 Å². The first-order chi connectivity index (χ1) is 20.1. The van der Waals surface area contributed by atoms with Gasteiger partial charge in [-0.15, -0.1) is 0 Å². The van der Waals surface area contributed by atoms with Gasteiger partial charge in [0.1, 0.15) is 36.1 Å². The highest BCUT2D eigenvalue weighted by atomic mass is 16.6. The Morgan fingerprint density at radius 1 is 0.952 bits per heavy atom. The number of amides is 1. The largest absolute Gasteiger partial charge is 0.388 e. The monoisotopic (exact) mass is 575 g/mol. The molecule has 11 heteroatoms. The Labute approximate surface area is 244 Å². The summed E-state index contributed by atoms with van der Waals surface area (Å²) in [4.78, 5) is 17.7. The number of likely N-dealkylation sites (N-methyl/N-ethyl adjacent to an activating group) is 1. The van der Waals surface area contributed by atoms with E-state index in [1.807, 2.05) is 29.8 Å². The number of nitrogens with zero attached hydrogens (tertiary/aromatic N) is 4. The van der Waals surface area contributed by atoms with E-state index in [0.29, 0.717) is 11.3 Å². The number of allylic oxidation sites excluding steroid dienone is 1. The summed E-state index contributed by atoms with van der Waals surface area (Å²) in [5.74, 6) is -0.689. The summed E-state index contributed by atoms with van der Waals surface area (Å²) < 4.78 is 7.04. The Kier molecular flexibility index (Phi) is 8.65. The molecule has 1 amide bonds. The van der Waals surface area contributed by atoms with Gasteiger partial charge in [-0.2, -0.15) is 5.26 Å². The molecule has 222 valence electrons. The summed E-state index contributed by atoms with van der Waals surface area (Å²) in [5.41, 5.74) is 4.17. The molecule has 5 N–H and O–H groups in total. The third kappa shape index (κ3) is 5.78. The van der Waals surface area contributed by atoms with E-state index >= 15 is 0 Å². The molecule has 1 unspecified atom stereocenters. The van der Waals surface area contributed by atoms with Gasteiger partial charge in [-0.1, -0.05) is 18.2 Å². The standard InChI is InChI=1S/C31H37N5O6/c1-18(23(16-32)30(40)33-17-26-27(37)28(38)29(39)31(41)42-26)24-8-9-25(35(24)3)21-5-4-20-15-22(7-6-19(20)14-21)36-12-10-34(2)11-13-36/h4-9,14-15,26-29,31,37-39,41H,10-13,17H2,1-3H3,(H,33,40)/b23-18+/t26-,27-,28+,29-,31?/m1/s1. The molecule has 2 aliphatic rings. The zero-order valence-corrected chi connectivity index (χ0v) is 23.9. The number of nitriles is 1. The minimum absolute atomic E-state index is 0.121. The van der Waals surface area contributed by atoms with E-state index in [9.17, 15) is 30.5 Å². The number of aliphatic hydroxyl groups is 4. The molecule has 2 aliphatic heterocycles. The van der Waals surface area contributed by atoms with Gasteiger partial charge >= 0.3 is 0 Å². The number of aliphatic hydroxyl groups excluding tert-OH is 4. The lowest BCUT2D eigenvalue weighted by Crippen LogP contribution is -2.60. The number of benzene rings is 2. The molecule has 0 bridgehead atoms. The average molecular weight is 576 g/mol. The molecule has 0 aliphatic carbocycles. The Morgan fingerprint density at radius 3 is 2.36 bits per heavy atom. The molecule has 2 fully saturated rings. The minimum Gasteiger partial charge on any atom is -0.388 e. The number of aromatic nitrogens is 1. The smallest absolute Gasteiger partial charge is 0.262 e. The summed E-state index contributed by atoms with van der Waals surface area (Å²) >= 11 is 0. The number of ether oxygens (including phenoxy) is 1. The second-order valence-corrected chi connectivity index (χ2v) is 11.1. The van der Waals surface area contributed by atoms with Crippen LogP contribution in [0.15, 0.2) is 54.1 Å². The summed E-state index contributed by atoms with van der Waals surface area (Å²) in [6.45, 7) is 5.52. The molecule has 0 saturated carbocycles. The summed E-state index contributed by atoms with van der Waals surface area (Å²) in [5, 5.41) is 54.0. The zero-order valence-electron chi connectivity index (χ0n) is 23.9. The fraction of sp³-hybridized carbons (Fsp3) is 0.419. The van der Waals surface area contributed by atoms with Gasteiger partial charge < -0.3 is 44.8 Å². The lowest BCUT2D eigenvalue weighted by molar-refractivity contribution is -0.280. The molecule has 2 saturated heterocycles. The van der Waals surface area contributed by atoms with Gasteiger partial charge in [0.15, 0.2) is 6.29 Å². The van der Waals surface area contributed by atoms with Crippen LogP contribution in [0.4, 0.5) is 5.69 Å². The van der Waals surface area contributed by atoms with Crippen molar-refractivity contribution in [1.29, 1.82) is 5.26 Å². The van der Waals surface area contributed by atoms with Crippen LogP contribution in [0.3, 0.4) is 0 Å². The fourth-order valence-corrected chi connectivity index (χ4v) is 5.65. The third-order valence-corrected chi connectivity index (χ3v) is 8.36.